The van der Waals surface area contributed by atoms with Gasteiger partial charge in [-0.15, -0.1) is 0 Å². The summed E-state index contributed by atoms with van der Waals surface area (Å²) in [7, 11) is 3.49. The molecule has 24 heavy (non-hydrogen) atoms. The summed E-state index contributed by atoms with van der Waals surface area (Å²) in [4.78, 5) is 17.8. The van der Waals surface area contributed by atoms with E-state index in [0.29, 0.717) is 17.9 Å². The molecule has 1 aliphatic carbocycles. The van der Waals surface area contributed by atoms with Crippen LogP contribution >= 0.6 is 0 Å². The molecule has 134 valence electrons. The van der Waals surface area contributed by atoms with Crippen molar-refractivity contribution >= 4 is 11.9 Å². The fourth-order valence-corrected chi connectivity index (χ4v) is 2.82. The predicted molar refractivity (Wildman–Crippen MR) is 96.0 cm³/mol. The summed E-state index contributed by atoms with van der Waals surface area (Å²) in [5.41, 5.74) is 0.398. The van der Waals surface area contributed by atoms with Gasteiger partial charge in [0.15, 0.2) is 5.96 Å². The summed E-state index contributed by atoms with van der Waals surface area (Å²) >= 11 is 0. The Balaban J connectivity index is 1.87. The Morgan fingerprint density at radius 1 is 1.38 bits per heavy atom. The maximum absolute atomic E-state index is 11.8. The first-order valence-electron chi connectivity index (χ1n) is 8.79. The van der Waals surface area contributed by atoms with Gasteiger partial charge >= 0.3 is 0 Å². The summed E-state index contributed by atoms with van der Waals surface area (Å²) in [6, 6.07) is 3.85. The molecule has 1 fully saturated rings. The van der Waals surface area contributed by atoms with Crippen LogP contribution in [0, 0.1) is 5.41 Å². The zero-order valence-electron chi connectivity index (χ0n) is 15.1. The van der Waals surface area contributed by atoms with Crippen LogP contribution in [0.2, 0.25) is 0 Å². The smallest absolute Gasteiger partial charge is 0.243 e. The second-order valence-corrected chi connectivity index (χ2v) is 6.77. The largest absolute Gasteiger partial charge is 0.469 e. The summed E-state index contributed by atoms with van der Waals surface area (Å²) < 4.78 is 5.34. The molecule has 6 nitrogen and oxygen atoms in total. The Kier molecular flexibility index (Phi) is 6.70. The highest BCUT2D eigenvalue weighted by molar-refractivity contribution is 5.84. The molecule has 2 rings (SSSR count). The first-order valence-corrected chi connectivity index (χ1v) is 8.79. The van der Waals surface area contributed by atoms with Crippen molar-refractivity contribution in [1.82, 2.24) is 15.5 Å². The van der Waals surface area contributed by atoms with Crippen LogP contribution in [0.25, 0.3) is 0 Å². The molecule has 1 heterocycles. The molecular formula is C18H30N4O2. The average Bonchev–Trinajstić information content (AvgIpc) is 3.04. The van der Waals surface area contributed by atoms with Gasteiger partial charge in [-0.1, -0.05) is 13.3 Å². The molecule has 1 saturated carbocycles. The molecule has 0 aliphatic heterocycles. The van der Waals surface area contributed by atoms with E-state index in [1.807, 2.05) is 12.1 Å². The van der Waals surface area contributed by atoms with Gasteiger partial charge in [0.2, 0.25) is 5.91 Å². The van der Waals surface area contributed by atoms with E-state index in [4.69, 9.17) is 4.42 Å². The van der Waals surface area contributed by atoms with Gasteiger partial charge in [0.05, 0.1) is 6.26 Å². The third-order valence-electron chi connectivity index (χ3n) is 4.91. The molecule has 6 heteroatoms. The number of nitrogens with one attached hydrogen (secondary N) is 2. The van der Waals surface area contributed by atoms with Crippen LogP contribution in [0.1, 0.15) is 38.4 Å². The lowest BCUT2D eigenvalue weighted by atomic mass is 9.67. The van der Waals surface area contributed by atoms with Gasteiger partial charge < -0.3 is 20.0 Å². The minimum absolute atomic E-state index is 0.00372. The van der Waals surface area contributed by atoms with Gasteiger partial charge in [-0.2, -0.15) is 0 Å². The summed E-state index contributed by atoms with van der Waals surface area (Å²) in [5, 5.41) is 6.73. The molecule has 1 amide bonds. The van der Waals surface area contributed by atoms with Crippen molar-refractivity contribution in [3.8, 4) is 0 Å². The van der Waals surface area contributed by atoms with Crippen molar-refractivity contribution in [3.05, 3.63) is 24.2 Å². The van der Waals surface area contributed by atoms with E-state index < -0.39 is 0 Å². The second kappa shape index (κ2) is 8.76. The van der Waals surface area contributed by atoms with Gasteiger partial charge in [0, 0.05) is 33.6 Å². The maximum Gasteiger partial charge on any atom is 0.243 e. The van der Waals surface area contributed by atoms with Crippen LogP contribution in [0.15, 0.2) is 27.8 Å². The van der Waals surface area contributed by atoms with Gasteiger partial charge in [0.25, 0.3) is 0 Å². The van der Waals surface area contributed by atoms with Crippen molar-refractivity contribution < 1.29 is 9.21 Å². The molecule has 1 aromatic rings. The van der Waals surface area contributed by atoms with Crippen LogP contribution < -0.4 is 10.6 Å². The average molecular weight is 334 g/mol. The van der Waals surface area contributed by atoms with Crippen molar-refractivity contribution in [2.24, 2.45) is 10.4 Å². The predicted octanol–water partition coefficient (Wildman–Crippen LogP) is 2.03. The number of amides is 1. The highest BCUT2D eigenvalue weighted by Crippen LogP contribution is 2.42. The Morgan fingerprint density at radius 2 is 2.17 bits per heavy atom. The molecule has 0 spiro atoms. The number of aliphatic imine (C=N–C) groups is 1. The first-order chi connectivity index (χ1) is 11.5. The van der Waals surface area contributed by atoms with Gasteiger partial charge in [-0.05, 0) is 36.8 Å². The minimum Gasteiger partial charge on any atom is -0.469 e. The quantitative estimate of drug-likeness (QED) is 0.564. The molecule has 0 atom stereocenters. The first kappa shape index (κ1) is 18.4. The highest BCUT2D eigenvalue weighted by Gasteiger charge is 2.34. The Morgan fingerprint density at radius 3 is 2.71 bits per heavy atom. The Bertz CT molecular complexity index is 528. The van der Waals surface area contributed by atoms with Gasteiger partial charge in [0.1, 0.15) is 12.3 Å². The molecule has 0 bridgehead atoms. The highest BCUT2D eigenvalue weighted by atomic mass is 16.3. The lowest BCUT2D eigenvalue weighted by Crippen LogP contribution is -2.47. The Labute approximate surface area is 144 Å². The monoisotopic (exact) mass is 334 g/mol. The van der Waals surface area contributed by atoms with Crippen molar-refractivity contribution in [1.29, 1.82) is 0 Å². The van der Waals surface area contributed by atoms with Crippen LogP contribution in [-0.2, 0) is 11.2 Å². The lowest BCUT2D eigenvalue weighted by molar-refractivity contribution is -0.127. The minimum atomic E-state index is -0.00372. The molecule has 1 aromatic heterocycles. The number of hydrogen-bond acceptors (Lipinski definition) is 3. The molecule has 0 radical (unpaired) electrons. The summed E-state index contributed by atoms with van der Waals surface area (Å²) in [6.07, 6.45) is 7.50. The van der Waals surface area contributed by atoms with E-state index in [2.05, 4.69) is 22.5 Å². The molecular weight excluding hydrogens is 304 g/mol. The molecule has 0 aromatic carbocycles. The molecule has 0 unspecified atom stereocenters. The van der Waals surface area contributed by atoms with Crippen LogP contribution in [0.3, 0.4) is 0 Å². The number of guanidine groups is 1. The number of carbonyl (C=O) groups excluding carboxylic acids is 1. The number of furan rings is 1. The molecule has 0 saturated heterocycles. The van der Waals surface area contributed by atoms with Crippen molar-refractivity contribution in [3.63, 3.8) is 0 Å². The standard InChI is InChI=1S/C18H30N4O2/c1-4-18(9-6-10-18)14-21-17(20-13-16(23)22(2)3)19-11-8-15-7-5-12-24-15/h5,7,12H,4,6,8-11,13-14H2,1-3H3,(H2,19,20,21). The van der Waals surface area contributed by atoms with E-state index in [1.54, 1.807) is 25.3 Å². The van der Waals surface area contributed by atoms with Crippen molar-refractivity contribution in [2.45, 2.75) is 39.0 Å². The number of carbonyl (C=O) groups is 1. The van der Waals surface area contributed by atoms with E-state index in [-0.39, 0.29) is 12.5 Å². The second-order valence-electron chi connectivity index (χ2n) is 6.77. The zero-order chi connectivity index (χ0) is 17.4. The molecule has 1 aliphatic rings. The lowest BCUT2D eigenvalue weighted by Gasteiger charge is -2.41. The van der Waals surface area contributed by atoms with Crippen LogP contribution in [0.4, 0.5) is 0 Å². The fourth-order valence-electron chi connectivity index (χ4n) is 2.82. The van der Waals surface area contributed by atoms with Gasteiger partial charge in [-0.3, -0.25) is 4.79 Å². The van der Waals surface area contributed by atoms with Crippen LogP contribution in [0.5, 0.6) is 0 Å². The topological polar surface area (TPSA) is 69.9 Å². The van der Waals surface area contributed by atoms with Crippen molar-refractivity contribution in [2.75, 3.05) is 33.7 Å². The fraction of sp³-hybridized carbons (Fsp3) is 0.667. The number of nitrogens with zero attached hydrogens (tertiary/aromatic N) is 2. The van der Waals surface area contributed by atoms with Crippen LogP contribution in [-0.4, -0.2) is 50.5 Å². The van der Waals surface area contributed by atoms with Gasteiger partial charge in [-0.25, -0.2) is 4.99 Å². The molecule has 2 N–H and O–H groups in total. The van der Waals surface area contributed by atoms with E-state index in [0.717, 1.165) is 18.7 Å². The van der Waals surface area contributed by atoms with E-state index in [1.165, 1.54) is 25.7 Å². The third kappa shape index (κ3) is 5.28. The van der Waals surface area contributed by atoms with E-state index >= 15 is 0 Å². The Hall–Kier alpha value is -1.98. The zero-order valence-corrected chi connectivity index (χ0v) is 15.1. The summed E-state index contributed by atoms with van der Waals surface area (Å²) in [6.45, 7) is 4.03. The van der Waals surface area contributed by atoms with E-state index in [9.17, 15) is 4.79 Å². The maximum atomic E-state index is 11.8. The SMILES string of the molecule is CCC1(CNC(=NCC(=O)N(C)C)NCCc2ccco2)CCC1. The number of rotatable bonds is 8. The number of hydrogen-bond donors (Lipinski definition) is 2. The number of likely N-dealkylation sites (N-methyl/N-ethyl adjacent to an activating group) is 1. The third-order valence-corrected chi connectivity index (χ3v) is 4.91. The normalized spacial score (nSPS) is 16.4. The summed E-state index contributed by atoms with van der Waals surface area (Å²) in [5.74, 6) is 1.64.